The summed E-state index contributed by atoms with van der Waals surface area (Å²) in [6.07, 6.45) is 0. The molecular formula is C35H20N4O2S. The highest BCUT2D eigenvalue weighted by Gasteiger charge is 2.37. The summed E-state index contributed by atoms with van der Waals surface area (Å²) in [4.78, 5) is 42.2. The SMILES string of the molecule is O=C1C(=O)N(c2ccc(-c3nc(-c4ccccc4)nc(-c4ccccc4)n3)cc2)c2cc3sc4ccccc4c3cc21. The number of ketones is 1. The zero-order valence-corrected chi connectivity index (χ0v) is 22.9. The number of carbonyl (C=O) groups is 2. The molecule has 0 unspecified atom stereocenters. The van der Waals surface area contributed by atoms with Crippen LogP contribution in [0.5, 0.6) is 0 Å². The molecule has 6 nitrogen and oxygen atoms in total. The molecule has 0 saturated carbocycles. The van der Waals surface area contributed by atoms with Crippen molar-refractivity contribution >= 4 is 54.6 Å². The summed E-state index contributed by atoms with van der Waals surface area (Å²) in [7, 11) is 0. The first-order valence-electron chi connectivity index (χ1n) is 13.5. The van der Waals surface area contributed by atoms with E-state index in [4.69, 9.17) is 15.0 Å². The highest BCUT2D eigenvalue weighted by molar-refractivity contribution is 7.25. The normalized spacial score (nSPS) is 12.8. The fourth-order valence-electron chi connectivity index (χ4n) is 5.41. The lowest BCUT2D eigenvalue weighted by Crippen LogP contribution is -2.24. The Morgan fingerprint density at radius 1 is 0.524 bits per heavy atom. The van der Waals surface area contributed by atoms with E-state index in [1.165, 1.54) is 4.90 Å². The van der Waals surface area contributed by atoms with Crippen molar-refractivity contribution in [3.8, 4) is 34.2 Å². The second kappa shape index (κ2) is 9.54. The van der Waals surface area contributed by atoms with E-state index in [9.17, 15) is 9.59 Å². The van der Waals surface area contributed by atoms with Crippen molar-refractivity contribution in [2.45, 2.75) is 0 Å². The number of nitrogens with zero attached hydrogens (tertiary/aromatic N) is 4. The molecule has 0 aliphatic carbocycles. The zero-order valence-electron chi connectivity index (χ0n) is 22.1. The van der Waals surface area contributed by atoms with Gasteiger partial charge >= 0.3 is 5.91 Å². The highest BCUT2D eigenvalue weighted by Crippen LogP contribution is 2.43. The standard InChI is InChI=1S/C35H20N4O2S/c40-31-27-19-26-25-13-7-8-14-29(25)42-30(26)20-28(27)39(35(31)41)24-17-15-23(16-18-24)34-37-32(21-9-3-1-4-10-21)36-33(38-34)22-11-5-2-6-12-22/h1-20H. The summed E-state index contributed by atoms with van der Waals surface area (Å²) in [5.74, 6) is 0.613. The lowest BCUT2D eigenvalue weighted by atomic mass is 10.1. The Balaban J connectivity index is 1.21. The van der Waals surface area contributed by atoms with E-state index in [2.05, 4.69) is 6.07 Å². The minimum atomic E-state index is -0.558. The van der Waals surface area contributed by atoms with Gasteiger partial charge in [0.15, 0.2) is 17.5 Å². The molecule has 8 rings (SSSR count). The number of thiophene rings is 1. The lowest BCUT2D eigenvalue weighted by molar-refractivity contribution is -0.113. The van der Waals surface area contributed by atoms with Crippen LogP contribution in [0.15, 0.2) is 121 Å². The van der Waals surface area contributed by atoms with Gasteiger partial charge in [-0.25, -0.2) is 15.0 Å². The molecule has 0 spiro atoms. The van der Waals surface area contributed by atoms with E-state index in [1.807, 2.05) is 115 Å². The molecule has 1 amide bonds. The van der Waals surface area contributed by atoms with E-state index >= 15 is 0 Å². The first-order chi connectivity index (χ1) is 20.6. The molecule has 0 atom stereocenters. The van der Waals surface area contributed by atoms with E-state index in [0.29, 0.717) is 34.4 Å². The molecule has 198 valence electrons. The number of benzene rings is 5. The summed E-state index contributed by atoms with van der Waals surface area (Å²) in [6, 6.07) is 38.9. The van der Waals surface area contributed by atoms with Gasteiger partial charge in [-0.1, -0.05) is 78.9 Å². The number of Topliss-reactive ketones (excluding diaryl/α,β-unsaturated/α-hetero) is 1. The van der Waals surface area contributed by atoms with Crippen LogP contribution in [-0.4, -0.2) is 26.6 Å². The lowest BCUT2D eigenvalue weighted by Gasteiger charge is -2.17. The Bertz CT molecular complexity index is 2120. The predicted molar refractivity (Wildman–Crippen MR) is 167 cm³/mol. The van der Waals surface area contributed by atoms with Crippen molar-refractivity contribution in [1.82, 2.24) is 15.0 Å². The number of rotatable bonds is 4. The molecule has 7 aromatic rings. The monoisotopic (exact) mass is 560 g/mol. The summed E-state index contributed by atoms with van der Waals surface area (Å²) in [5, 5.41) is 2.08. The van der Waals surface area contributed by atoms with Crippen molar-refractivity contribution in [3.05, 3.63) is 127 Å². The van der Waals surface area contributed by atoms with Crippen molar-refractivity contribution in [2.75, 3.05) is 4.90 Å². The molecule has 1 aliphatic heterocycles. The molecule has 0 radical (unpaired) electrons. The van der Waals surface area contributed by atoms with Crippen LogP contribution in [0.25, 0.3) is 54.3 Å². The van der Waals surface area contributed by atoms with Crippen LogP contribution in [0.2, 0.25) is 0 Å². The minimum absolute atomic E-state index is 0.428. The molecule has 0 saturated heterocycles. The van der Waals surface area contributed by atoms with Gasteiger partial charge in [-0.15, -0.1) is 11.3 Å². The van der Waals surface area contributed by atoms with Gasteiger partial charge in [0.25, 0.3) is 5.78 Å². The first-order valence-corrected chi connectivity index (χ1v) is 14.3. The molecule has 1 aliphatic rings. The maximum absolute atomic E-state index is 13.2. The van der Waals surface area contributed by atoms with Crippen molar-refractivity contribution in [2.24, 2.45) is 0 Å². The van der Waals surface area contributed by atoms with Gasteiger partial charge in [-0.2, -0.15) is 0 Å². The van der Waals surface area contributed by atoms with Gasteiger partial charge in [0.05, 0.1) is 11.3 Å². The summed E-state index contributed by atoms with van der Waals surface area (Å²) in [5.41, 5.74) is 4.19. The Hall–Kier alpha value is -5.53. The number of amides is 1. The van der Waals surface area contributed by atoms with Crippen LogP contribution in [0, 0.1) is 0 Å². The average Bonchev–Trinajstić information content (AvgIpc) is 3.54. The summed E-state index contributed by atoms with van der Waals surface area (Å²) in [6.45, 7) is 0. The molecule has 7 heteroatoms. The van der Waals surface area contributed by atoms with Crippen LogP contribution in [-0.2, 0) is 4.79 Å². The Labute approximate surface area is 244 Å². The summed E-state index contributed by atoms with van der Waals surface area (Å²) >= 11 is 1.65. The average molecular weight is 561 g/mol. The topological polar surface area (TPSA) is 76.1 Å². The first kappa shape index (κ1) is 24.3. The van der Waals surface area contributed by atoms with E-state index in [-0.39, 0.29) is 0 Å². The van der Waals surface area contributed by atoms with Crippen LogP contribution in [0.1, 0.15) is 10.4 Å². The Kier molecular flexibility index (Phi) is 5.51. The van der Waals surface area contributed by atoms with Gasteiger partial charge in [-0.05, 0) is 42.5 Å². The van der Waals surface area contributed by atoms with Gasteiger partial charge in [0, 0.05) is 42.6 Å². The maximum atomic E-state index is 13.2. The van der Waals surface area contributed by atoms with Gasteiger partial charge in [0.2, 0.25) is 0 Å². The third-order valence-electron chi connectivity index (χ3n) is 7.46. The number of fused-ring (bicyclic) bond motifs is 4. The highest BCUT2D eigenvalue weighted by atomic mass is 32.1. The number of hydrogen-bond acceptors (Lipinski definition) is 6. The molecule has 0 bridgehead atoms. The molecule has 3 heterocycles. The van der Waals surface area contributed by atoms with E-state index < -0.39 is 11.7 Å². The fraction of sp³-hybridized carbons (Fsp3) is 0. The van der Waals surface area contributed by atoms with Gasteiger partial charge in [-0.3, -0.25) is 14.5 Å². The number of anilines is 2. The molecule has 0 N–H and O–H groups in total. The Morgan fingerprint density at radius 3 is 1.69 bits per heavy atom. The second-order valence-electron chi connectivity index (χ2n) is 10.0. The van der Waals surface area contributed by atoms with Crippen molar-refractivity contribution < 1.29 is 9.59 Å². The van der Waals surface area contributed by atoms with E-state index in [0.717, 1.165) is 36.9 Å². The van der Waals surface area contributed by atoms with Crippen molar-refractivity contribution in [3.63, 3.8) is 0 Å². The summed E-state index contributed by atoms with van der Waals surface area (Å²) < 4.78 is 2.18. The van der Waals surface area contributed by atoms with Crippen LogP contribution >= 0.6 is 11.3 Å². The predicted octanol–water partition coefficient (Wildman–Crippen LogP) is 8.10. The smallest absolute Gasteiger partial charge is 0.283 e. The van der Waals surface area contributed by atoms with Crippen molar-refractivity contribution in [1.29, 1.82) is 0 Å². The Morgan fingerprint density at radius 2 is 1.07 bits per heavy atom. The molecule has 0 fully saturated rings. The van der Waals surface area contributed by atoms with Crippen LogP contribution < -0.4 is 4.90 Å². The second-order valence-corrected chi connectivity index (χ2v) is 11.1. The molecule has 42 heavy (non-hydrogen) atoms. The van der Waals surface area contributed by atoms with Gasteiger partial charge < -0.3 is 0 Å². The molecule has 5 aromatic carbocycles. The number of hydrogen-bond donors (Lipinski definition) is 0. The molecular weight excluding hydrogens is 540 g/mol. The van der Waals surface area contributed by atoms with Crippen LogP contribution in [0.3, 0.4) is 0 Å². The number of carbonyl (C=O) groups excluding carboxylic acids is 2. The fourth-order valence-corrected chi connectivity index (χ4v) is 6.53. The molecule has 2 aromatic heterocycles. The third-order valence-corrected chi connectivity index (χ3v) is 8.59. The van der Waals surface area contributed by atoms with E-state index in [1.54, 1.807) is 11.3 Å². The quantitative estimate of drug-likeness (QED) is 0.203. The number of aromatic nitrogens is 3. The van der Waals surface area contributed by atoms with Gasteiger partial charge in [0.1, 0.15) is 0 Å². The third kappa shape index (κ3) is 3.90. The largest absolute Gasteiger partial charge is 0.304 e. The minimum Gasteiger partial charge on any atom is -0.283 e. The maximum Gasteiger partial charge on any atom is 0.304 e. The van der Waals surface area contributed by atoms with Crippen LogP contribution in [0.4, 0.5) is 11.4 Å². The zero-order chi connectivity index (χ0) is 28.2.